The quantitative estimate of drug-likeness (QED) is 0.495. The molecule has 1 aliphatic heterocycles. The number of ether oxygens (including phenoxy) is 2. The van der Waals surface area contributed by atoms with Gasteiger partial charge in [0.25, 0.3) is 0 Å². The Morgan fingerprint density at radius 2 is 1.86 bits per heavy atom. The van der Waals surface area contributed by atoms with Crippen molar-refractivity contribution >= 4 is 23.5 Å². The Kier molecular flexibility index (Phi) is 7.61. The maximum Gasteiger partial charge on any atom is 0.410 e. The first-order valence-corrected chi connectivity index (χ1v) is 11.9. The van der Waals surface area contributed by atoms with Crippen LogP contribution in [0.1, 0.15) is 26.3 Å². The Morgan fingerprint density at radius 1 is 1.11 bits per heavy atom. The van der Waals surface area contributed by atoms with Crippen LogP contribution in [0.25, 0.3) is 11.3 Å². The van der Waals surface area contributed by atoms with Crippen LogP contribution in [0.4, 0.5) is 15.0 Å². The van der Waals surface area contributed by atoms with E-state index in [-0.39, 0.29) is 23.6 Å². The molecule has 36 heavy (non-hydrogen) atoms. The van der Waals surface area contributed by atoms with Crippen molar-refractivity contribution in [1.29, 1.82) is 0 Å². The summed E-state index contributed by atoms with van der Waals surface area (Å²) in [5.41, 5.74) is 0.926. The molecule has 0 saturated carbocycles. The zero-order chi connectivity index (χ0) is 25.9. The third kappa shape index (κ3) is 6.61. The van der Waals surface area contributed by atoms with E-state index < -0.39 is 11.4 Å². The fraction of sp³-hybridized carbons (Fsp3) is 0.346. The van der Waals surface area contributed by atoms with Crippen molar-refractivity contribution < 1.29 is 23.8 Å². The van der Waals surface area contributed by atoms with Crippen molar-refractivity contribution in [3.8, 4) is 22.9 Å². The number of carbonyl (C=O) groups is 1. The highest BCUT2D eigenvalue weighted by molar-refractivity contribution is 6.30. The SMILES string of the molecule is CC(C)(C)OC(=O)N1CCN(c2ccc(Oc3cc(CO)cc(-c4cc(F)cc(Cl)c4)n3)cn2)CC1. The van der Waals surface area contributed by atoms with Crippen molar-refractivity contribution in [1.82, 2.24) is 14.9 Å². The summed E-state index contributed by atoms with van der Waals surface area (Å²) in [7, 11) is 0. The highest BCUT2D eigenvalue weighted by Crippen LogP contribution is 2.29. The molecule has 1 saturated heterocycles. The van der Waals surface area contributed by atoms with Crippen LogP contribution in [0, 0.1) is 5.82 Å². The van der Waals surface area contributed by atoms with E-state index in [1.165, 1.54) is 12.1 Å². The number of nitrogens with zero attached hydrogens (tertiary/aromatic N) is 4. The molecule has 2 aromatic heterocycles. The van der Waals surface area contributed by atoms with Crippen molar-refractivity contribution in [3.05, 3.63) is 65.1 Å². The summed E-state index contributed by atoms with van der Waals surface area (Å²) in [6.07, 6.45) is 1.28. The van der Waals surface area contributed by atoms with Crippen LogP contribution in [-0.2, 0) is 11.3 Å². The molecule has 0 atom stereocenters. The van der Waals surface area contributed by atoms with Gasteiger partial charge in [-0.3, -0.25) is 0 Å². The maximum absolute atomic E-state index is 13.8. The molecule has 0 bridgehead atoms. The van der Waals surface area contributed by atoms with Gasteiger partial charge in [-0.05, 0) is 62.7 Å². The molecule has 1 aromatic carbocycles. The van der Waals surface area contributed by atoms with Gasteiger partial charge >= 0.3 is 6.09 Å². The van der Waals surface area contributed by atoms with Crippen molar-refractivity contribution in [2.75, 3.05) is 31.1 Å². The molecule has 0 spiro atoms. The minimum Gasteiger partial charge on any atom is -0.444 e. The maximum atomic E-state index is 13.8. The van der Waals surface area contributed by atoms with Gasteiger partial charge < -0.3 is 24.4 Å². The minimum absolute atomic E-state index is 0.234. The summed E-state index contributed by atoms with van der Waals surface area (Å²) < 4.78 is 25.2. The lowest BCUT2D eigenvalue weighted by molar-refractivity contribution is 0.0240. The molecular weight excluding hydrogens is 487 g/mol. The number of rotatable bonds is 5. The smallest absolute Gasteiger partial charge is 0.410 e. The van der Waals surface area contributed by atoms with Crippen LogP contribution in [0.5, 0.6) is 11.6 Å². The lowest BCUT2D eigenvalue weighted by Crippen LogP contribution is -2.50. The molecule has 3 heterocycles. The number of benzene rings is 1. The Hall–Kier alpha value is -3.43. The molecule has 10 heteroatoms. The molecule has 8 nitrogen and oxygen atoms in total. The number of halogens is 2. The van der Waals surface area contributed by atoms with Gasteiger partial charge in [-0.2, -0.15) is 0 Å². The average molecular weight is 515 g/mol. The number of aliphatic hydroxyl groups excluding tert-OH is 1. The molecule has 1 fully saturated rings. The first-order chi connectivity index (χ1) is 17.1. The number of hydrogen-bond acceptors (Lipinski definition) is 7. The summed E-state index contributed by atoms with van der Waals surface area (Å²) in [6.45, 7) is 7.66. The Bertz CT molecular complexity index is 1210. The molecule has 1 amide bonds. The number of anilines is 1. The van der Waals surface area contributed by atoms with E-state index in [1.54, 1.807) is 35.4 Å². The molecule has 0 unspecified atom stereocenters. The van der Waals surface area contributed by atoms with Crippen LogP contribution >= 0.6 is 11.6 Å². The van der Waals surface area contributed by atoms with E-state index in [2.05, 4.69) is 14.9 Å². The summed E-state index contributed by atoms with van der Waals surface area (Å²) in [5, 5.41) is 9.91. The van der Waals surface area contributed by atoms with Gasteiger partial charge in [0, 0.05) is 42.8 Å². The topological polar surface area (TPSA) is 88.0 Å². The second-order valence-corrected chi connectivity index (χ2v) is 9.86. The zero-order valence-electron chi connectivity index (χ0n) is 20.4. The third-order valence-electron chi connectivity index (χ3n) is 5.40. The van der Waals surface area contributed by atoms with Crippen LogP contribution in [-0.4, -0.2) is 57.8 Å². The van der Waals surface area contributed by atoms with Gasteiger partial charge in [0.1, 0.15) is 23.0 Å². The molecule has 4 rings (SSSR count). The Labute approximate surface area is 214 Å². The largest absolute Gasteiger partial charge is 0.444 e. The number of carbonyl (C=O) groups excluding carboxylic acids is 1. The van der Waals surface area contributed by atoms with Gasteiger partial charge in [0.05, 0.1) is 18.5 Å². The first kappa shape index (κ1) is 25.7. The van der Waals surface area contributed by atoms with Gasteiger partial charge in [-0.15, -0.1) is 0 Å². The Balaban J connectivity index is 1.43. The van der Waals surface area contributed by atoms with E-state index in [9.17, 15) is 14.3 Å². The second kappa shape index (κ2) is 10.7. The van der Waals surface area contributed by atoms with E-state index in [1.807, 2.05) is 26.8 Å². The molecule has 1 aliphatic rings. The molecule has 0 aliphatic carbocycles. The van der Waals surface area contributed by atoms with E-state index in [0.717, 1.165) is 5.82 Å². The molecule has 0 radical (unpaired) electrons. The predicted octanol–water partition coefficient (Wildman–Crippen LogP) is 5.28. The molecule has 190 valence electrons. The van der Waals surface area contributed by atoms with Gasteiger partial charge in [-0.1, -0.05) is 11.6 Å². The first-order valence-electron chi connectivity index (χ1n) is 11.5. The number of pyridine rings is 2. The lowest BCUT2D eigenvalue weighted by Gasteiger charge is -2.36. The van der Waals surface area contributed by atoms with E-state index in [0.29, 0.717) is 48.7 Å². The number of aromatic nitrogens is 2. The normalized spacial score (nSPS) is 14.1. The Morgan fingerprint density at radius 3 is 2.47 bits per heavy atom. The standard InChI is InChI=1S/C26H28ClFN4O4/c1-26(2,3)36-25(34)32-8-6-31(7-9-32)23-5-4-21(15-29-23)35-24-11-17(16-33)10-22(30-24)18-12-19(27)14-20(28)13-18/h4-5,10-15,33H,6-9,16H2,1-3H3. The number of piperazine rings is 1. The van der Waals surface area contributed by atoms with E-state index in [4.69, 9.17) is 21.1 Å². The number of aliphatic hydroxyl groups is 1. The minimum atomic E-state index is -0.526. The fourth-order valence-corrected chi connectivity index (χ4v) is 3.96. The van der Waals surface area contributed by atoms with E-state index >= 15 is 0 Å². The van der Waals surface area contributed by atoms with Crippen LogP contribution < -0.4 is 9.64 Å². The highest BCUT2D eigenvalue weighted by Gasteiger charge is 2.26. The fourth-order valence-electron chi connectivity index (χ4n) is 3.74. The lowest BCUT2D eigenvalue weighted by atomic mass is 10.1. The highest BCUT2D eigenvalue weighted by atomic mass is 35.5. The van der Waals surface area contributed by atoms with Crippen LogP contribution in [0.15, 0.2) is 48.7 Å². The number of hydrogen-bond donors (Lipinski definition) is 1. The van der Waals surface area contributed by atoms with Crippen LogP contribution in [0.3, 0.4) is 0 Å². The van der Waals surface area contributed by atoms with Crippen LogP contribution in [0.2, 0.25) is 5.02 Å². The van der Waals surface area contributed by atoms with Crippen molar-refractivity contribution in [2.45, 2.75) is 33.0 Å². The second-order valence-electron chi connectivity index (χ2n) is 9.42. The number of amides is 1. The summed E-state index contributed by atoms with van der Waals surface area (Å²) >= 11 is 5.98. The predicted molar refractivity (Wildman–Crippen MR) is 135 cm³/mol. The molecular formula is C26H28ClFN4O4. The monoisotopic (exact) mass is 514 g/mol. The third-order valence-corrected chi connectivity index (χ3v) is 5.62. The van der Waals surface area contributed by atoms with Gasteiger partial charge in [-0.25, -0.2) is 19.2 Å². The zero-order valence-corrected chi connectivity index (χ0v) is 21.1. The summed E-state index contributed by atoms with van der Waals surface area (Å²) in [4.78, 5) is 25.0. The average Bonchev–Trinajstić information content (AvgIpc) is 2.83. The molecule has 1 N–H and O–H groups in total. The summed E-state index contributed by atoms with van der Waals surface area (Å²) in [5.74, 6) is 0.968. The van der Waals surface area contributed by atoms with Crippen molar-refractivity contribution in [3.63, 3.8) is 0 Å². The van der Waals surface area contributed by atoms with Gasteiger partial charge in [0.2, 0.25) is 5.88 Å². The van der Waals surface area contributed by atoms with Gasteiger partial charge in [0.15, 0.2) is 0 Å². The van der Waals surface area contributed by atoms with Crippen molar-refractivity contribution in [2.24, 2.45) is 0 Å². The molecule has 3 aromatic rings. The summed E-state index contributed by atoms with van der Waals surface area (Å²) in [6, 6.07) is 11.0.